The van der Waals surface area contributed by atoms with Gasteiger partial charge in [-0.15, -0.1) is 0 Å². The third-order valence-corrected chi connectivity index (χ3v) is 13.0. The van der Waals surface area contributed by atoms with Gasteiger partial charge in [-0.05, 0) is 74.8 Å². The van der Waals surface area contributed by atoms with E-state index in [1.54, 1.807) is 18.2 Å². The lowest BCUT2D eigenvalue weighted by molar-refractivity contribution is -0.156. The zero-order valence-corrected chi connectivity index (χ0v) is 34.2. The standard InChI is InChI=1S/C40H54ClN3O10S/c1-7-24-20-40(24,38(48)43-55(49,50)54-32-16-23(32)3)21-31(45)30-17-26(52-33-19-34(51-8-2)42-36-27(33)14-11-15-29(36)41)22-44(30)37(47)28(39(4,5)6)18-35(46)53-25-12-9-10-13-25/h11,14-15,19,23-26,28,30,32H,7-10,12-13,16-18,20-22H2,1-6H3,(H,43,48)/t23?,24-,26-,28-,30+,32?,40-/m1/s1. The number of nitrogens with one attached hydrogen (secondary N) is 1. The number of aromatic nitrogens is 1. The van der Waals surface area contributed by atoms with Gasteiger partial charge in [0.25, 0.3) is 0 Å². The molecule has 6 rings (SSSR count). The predicted molar refractivity (Wildman–Crippen MR) is 205 cm³/mol. The van der Waals surface area contributed by atoms with E-state index in [-0.39, 0.29) is 43.7 Å². The van der Waals surface area contributed by atoms with Gasteiger partial charge in [-0.25, -0.2) is 9.71 Å². The number of likely N-dealkylation sites (tertiary alicyclic amines) is 1. The zero-order valence-electron chi connectivity index (χ0n) is 32.6. The zero-order chi connectivity index (χ0) is 39.9. The Labute approximate surface area is 328 Å². The molecule has 1 aromatic heterocycles. The SMILES string of the molecule is CCOc1cc(O[C@@H]2C[C@@H](C(=O)C[C@]3(C(=O)NS(=O)(=O)OC4CC4C)C[C@H]3CC)N(C(=O)[C@@H](CC(=O)OC3CCCC3)C(C)(C)C)C2)c2cccc(Cl)c2n1. The van der Waals surface area contributed by atoms with Crippen molar-refractivity contribution >= 4 is 56.4 Å². The van der Waals surface area contributed by atoms with E-state index in [0.29, 0.717) is 53.4 Å². The molecule has 2 unspecified atom stereocenters. The van der Waals surface area contributed by atoms with Gasteiger partial charge in [-0.1, -0.05) is 58.7 Å². The Morgan fingerprint density at radius 2 is 1.80 bits per heavy atom. The van der Waals surface area contributed by atoms with Gasteiger partial charge in [0, 0.05) is 24.3 Å². The lowest BCUT2D eigenvalue weighted by Crippen LogP contribution is -2.48. The minimum Gasteiger partial charge on any atom is -0.488 e. The summed E-state index contributed by atoms with van der Waals surface area (Å²) in [5.74, 6) is -2.30. The lowest BCUT2D eigenvalue weighted by Gasteiger charge is -2.35. The third-order valence-electron chi connectivity index (χ3n) is 11.7. The molecule has 302 valence electrons. The van der Waals surface area contributed by atoms with Crippen LogP contribution < -0.4 is 14.2 Å². The smallest absolute Gasteiger partial charge is 0.362 e. The number of amides is 2. The van der Waals surface area contributed by atoms with Crippen LogP contribution in [0.3, 0.4) is 0 Å². The summed E-state index contributed by atoms with van der Waals surface area (Å²) in [5, 5.41) is 1.02. The Morgan fingerprint density at radius 1 is 1.09 bits per heavy atom. The molecule has 1 aliphatic heterocycles. The maximum Gasteiger partial charge on any atom is 0.362 e. The Bertz CT molecular complexity index is 1910. The average molecular weight is 804 g/mol. The summed E-state index contributed by atoms with van der Waals surface area (Å²) in [4.78, 5) is 62.2. The number of hydrogen-bond acceptors (Lipinski definition) is 11. The third kappa shape index (κ3) is 9.39. The molecule has 0 spiro atoms. The number of carbonyl (C=O) groups excluding carboxylic acids is 4. The van der Waals surface area contributed by atoms with Crippen LogP contribution in [-0.2, 0) is 38.4 Å². The Morgan fingerprint density at radius 3 is 2.42 bits per heavy atom. The summed E-state index contributed by atoms with van der Waals surface area (Å²) < 4.78 is 50.9. The molecular weight excluding hydrogens is 750 g/mol. The Kier molecular flexibility index (Phi) is 12.1. The van der Waals surface area contributed by atoms with Crippen LogP contribution in [0.4, 0.5) is 0 Å². The van der Waals surface area contributed by atoms with Crippen molar-refractivity contribution < 1.29 is 46.0 Å². The number of fused-ring (bicyclic) bond motifs is 1. The topological polar surface area (TPSA) is 167 Å². The van der Waals surface area contributed by atoms with Crippen molar-refractivity contribution in [3.8, 4) is 11.6 Å². The number of hydrogen-bond donors (Lipinski definition) is 1. The normalized spacial score (nSPS) is 27.1. The molecule has 1 saturated heterocycles. The summed E-state index contributed by atoms with van der Waals surface area (Å²) in [6, 6.07) is 5.94. The van der Waals surface area contributed by atoms with Crippen LogP contribution in [0.25, 0.3) is 10.9 Å². The maximum absolute atomic E-state index is 14.7. The number of esters is 1. The number of halogens is 1. The number of benzene rings is 1. The quantitative estimate of drug-likeness (QED) is 0.188. The Hall–Kier alpha value is -3.49. The van der Waals surface area contributed by atoms with E-state index in [4.69, 9.17) is 30.0 Å². The molecule has 2 aromatic rings. The summed E-state index contributed by atoms with van der Waals surface area (Å²) >= 11 is 6.52. The number of ketones is 1. The van der Waals surface area contributed by atoms with E-state index in [2.05, 4.69) is 9.71 Å². The second kappa shape index (κ2) is 16.2. The molecule has 1 N–H and O–H groups in total. The van der Waals surface area contributed by atoms with E-state index in [1.807, 2.05) is 47.6 Å². The van der Waals surface area contributed by atoms with Crippen LogP contribution in [-0.4, -0.2) is 79.4 Å². The highest BCUT2D eigenvalue weighted by molar-refractivity contribution is 7.85. The maximum atomic E-state index is 14.7. The van der Waals surface area contributed by atoms with Crippen molar-refractivity contribution in [3.63, 3.8) is 0 Å². The molecule has 1 aromatic carbocycles. The number of para-hydroxylation sites is 1. The molecule has 0 bridgehead atoms. The van der Waals surface area contributed by atoms with Crippen LogP contribution >= 0.6 is 11.6 Å². The van der Waals surface area contributed by atoms with Gasteiger partial charge in [0.1, 0.15) is 18.0 Å². The van der Waals surface area contributed by atoms with Gasteiger partial charge in [0.2, 0.25) is 17.7 Å². The monoisotopic (exact) mass is 803 g/mol. The first kappa shape index (κ1) is 41.2. The first-order valence-electron chi connectivity index (χ1n) is 19.6. The number of carbonyl (C=O) groups is 4. The number of Topliss-reactive ketones (excluding diaryl/α,β-unsaturated/α-hetero) is 1. The fourth-order valence-corrected chi connectivity index (χ4v) is 9.49. The van der Waals surface area contributed by atoms with Crippen LogP contribution in [0.1, 0.15) is 106 Å². The van der Waals surface area contributed by atoms with Crippen LogP contribution in [0.15, 0.2) is 24.3 Å². The van der Waals surface area contributed by atoms with Crippen molar-refractivity contribution in [2.75, 3.05) is 13.2 Å². The van der Waals surface area contributed by atoms with Crippen LogP contribution in [0, 0.1) is 28.6 Å². The van der Waals surface area contributed by atoms with Gasteiger partial charge < -0.3 is 19.1 Å². The fourth-order valence-electron chi connectivity index (χ4n) is 8.20. The number of ether oxygens (including phenoxy) is 3. The molecule has 0 radical (unpaired) electrons. The van der Waals surface area contributed by atoms with E-state index in [0.717, 1.165) is 25.7 Å². The molecule has 55 heavy (non-hydrogen) atoms. The molecule has 13 nitrogen and oxygen atoms in total. The molecule has 4 aliphatic rings. The number of rotatable bonds is 16. The number of pyridine rings is 1. The molecule has 15 heteroatoms. The van der Waals surface area contributed by atoms with Crippen molar-refractivity contribution in [1.29, 1.82) is 0 Å². The minimum atomic E-state index is -4.39. The average Bonchev–Trinajstić information content (AvgIpc) is 3.81. The summed E-state index contributed by atoms with van der Waals surface area (Å²) in [7, 11) is -4.39. The van der Waals surface area contributed by atoms with E-state index in [9.17, 15) is 27.6 Å². The molecule has 3 saturated carbocycles. The highest BCUT2D eigenvalue weighted by atomic mass is 35.5. The molecule has 2 heterocycles. The van der Waals surface area contributed by atoms with Gasteiger partial charge in [0.15, 0.2) is 5.78 Å². The van der Waals surface area contributed by atoms with Crippen LogP contribution in [0.2, 0.25) is 5.02 Å². The predicted octanol–water partition coefficient (Wildman–Crippen LogP) is 6.33. The fraction of sp³-hybridized carbons (Fsp3) is 0.675. The minimum absolute atomic E-state index is 0.0199. The van der Waals surface area contributed by atoms with Crippen molar-refractivity contribution in [2.24, 2.45) is 28.6 Å². The first-order chi connectivity index (χ1) is 25.9. The molecule has 7 atom stereocenters. The molecule has 3 aliphatic carbocycles. The molecule has 4 fully saturated rings. The van der Waals surface area contributed by atoms with Gasteiger partial charge in [-0.3, -0.25) is 23.4 Å². The van der Waals surface area contributed by atoms with Crippen LogP contribution in [0.5, 0.6) is 11.6 Å². The number of nitrogens with zero attached hydrogens (tertiary/aromatic N) is 2. The summed E-state index contributed by atoms with van der Waals surface area (Å²) in [6.45, 7) is 11.6. The van der Waals surface area contributed by atoms with Crippen molar-refractivity contribution in [2.45, 2.75) is 130 Å². The first-order valence-corrected chi connectivity index (χ1v) is 21.4. The lowest BCUT2D eigenvalue weighted by atomic mass is 9.77. The van der Waals surface area contributed by atoms with Crippen molar-refractivity contribution in [3.05, 3.63) is 29.3 Å². The highest BCUT2D eigenvalue weighted by Crippen LogP contribution is 2.58. The Balaban J connectivity index is 1.28. The van der Waals surface area contributed by atoms with E-state index in [1.165, 1.54) is 4.90 Å². The largest absolute Gasteiger partial charge is 0.488 e. The van der Waals surface area contributed by atoms with Gasteiger partial charge >= 0.3 is 16.3 Å². The second-order valence-corrected chi connectivity index (χ2v) is 18.6. The van der Waals surface area contributed by atoms with Gasteiger partial charge in [0.05, 0.1) is 53.6 Å². The van der Waals surface area contributed by atoms with Gasteiger partial charge in [-0.2, -0.15) is 8.42 Å². The second-order valence-electron chi connectivity index (χ2n) is 16.9. The van der Waals surface area contributed by atoms with E-state index < -0.39 is 68.9 Å². The van der Waals surface area contributed by atoms with Crippen molar-refractivity contribution in [1.82, 2.24) is 14.6 Å². The highest BCUT2D eigenvalue weighted by Gasteiger charge is 2.61. The molecular formula is C40H54ClN3O10S. The molecule has 2 amide bonds. The summed E-state index contributed by atoms with van der Waals surface area (Å²) in [5.41, 5.74) is -1.48. The van der Waals surface area contributed by atoms with E-state index >= 15 is 0 Å². The summed E-state index contributed by atoms with van der Waals surface area (Å²) in [6.07, 6.45) is 3.34.